The molecule has 5 aromatic rings. The van der Waals surface area contributed by atoms with Crippen molar-refractivity contribution in [3.63, 3.8) is 0 Å². The van der Waals surface area contributed by atoms with Crippen LogP contribution in [-0.4, -0.2) is 44.1 Å². The largest absolute Gasteiger partial charge is 0.290 e. The summed E-state index contributed by atoms with van der Waals surface area (Å²) in [5.41, 5.74) is 4.52. The van der Waals surface area contributed by atoms with Gasteiger partial charge in [-0.3, -0.25) is 9.08 Å². The van der Waals surface area contributed by atoms with Crippen LogP contribution < -0.4 is 0 Å². The molecule has 0 bridgehead atoms. The van der Waals surface area contributed by atoms with Crippen LogP contribution in [0.4, 0.5) is 0 Å². The first-order valence-corrected chi connectivity index (χ1v) is 8.22. The fourth-order valence-electron chi connectivity index (χ4n) is 2.82. The molecular formula is C16H12ClN9. The van der Waals surface area contributed by atoms with Crippen molar-refractivity contribution in [2.45, 2.75) is 6.54 Å². The molecule has 5 heterocycles. The molecule has 10 heteroatoms. The van der Waals surface area contributed by atoms with E-state index in [1.165, 1.54) is 0 Å². The van der Waals surface area contributed by atoms with Crippen LogP contribution in [0.15, 0.2) is 43.1 Å². The first kappa shape index (κ1) is 15.0. The van der Waals surface area contributed by atoms with Crippen molar-refractivity contribution in [2.24, 2.45) is 7.05 Å². The Bertz CT molecular complexity index is 1250. The lowest BCUT2D eigenvalue weighted by Gasteiger charge is -2.04. The highest BCUT2D eigenvalue weighted by atomic mass is 35.5. The van der Waals surface area contributed by atoms with Gasteiger partial charge in [-0.15, -0.1) is 5.10 Å². The van der Waals surface area contributed by atoms with Gasteiger partial charge in [0.1, 0.15) is 10.8 Å². The van der Waals surface area contributed by atoms with Gasteiger partial charge in [-0.1, -0.05) is 22.9 Å². The summed E-state index contributed by atoms with van der Waals surface area (Å²) in [7, 11) is 1.86. The van der Waals surface area contributed by atoms with Crippen molar-refractivity contribution in [3.05, 3.63) is 53.8 Å². The van der Waals surface area contributed by atoms with Crippen molar-refractivity contribution in [1.29, 1.82) is 0 Å². The Morgan fingerprint density at radius 1 is 1.08 bits per heavy atom. The lowest BCUT2D eigenvalue weighted by molar-refractivity contribution is 0.662. The van der Waals surface area contributed by atoms with Crippen LogP contribution in [0.5, 0.6) is 0 Å². The predicted molar refractivity (Wildman–Crippen MR) is 94.6 cm³/mol. The van der Waals surface area contributed by atoms with Crippen molar-refractivity contribution in [2.75, 3.05) is 0 Å². The average Bonchev–Trinajstić information content (AvgIpc) is 3.35. The Morgan fingerprint density at radius 2 is 2.00 bits per heavy atom. The van der Waals surface area contributed by atoms with Crippen LogP contribution in [0.25, 0.3) is 28.2 Å². The maximum atomic E-state index is 6.15. The first-order chi connectivity index (χ1) is 12.7. The average molecular weight is 366 g/mol. The molecule has 0 N–H and O–H groups in total. The molecule has 0 aromatic carbocycles. The quantitative estimate of drug-likeness (QED) is 0.485. The van der Waals surface area contributed by atoms with Crippen LogP contribution in [0, 0.1) is 0 Å². The number of hydrogen-bond acceptors (Lipinski definition) is 6. The Hall–Kier alpha value is -3.33. The van der Waals surface area contributed by atoms with E-state index in [0.717, 1.165) is 22.5 Å². The fourth-order valence-corrected chi connectivity index (χ4v) is 3.00. The summed E-state index contributed by atoms with van der Waals surface area (Å²) in [4.78, 5) is 13.2. The third-order valence-corrected chi connectivity index (χ3v) is 4.36. The molecular weight excluding hydrogens is 354 g/mol. The first-order valence-electron chi connectivity index (χ1n) is 7.84. The summed E-state index contributed by atoms with van der Waals surface area (Å²) in [6.45, 7) is 0.492. The molecule has 0 aliphatic rings. The Kier molecular flexibility index (Phi) is 3.22. The van der Waals surface area contributed by atoms with Crippen molar-refractivity contribution in [1.82, 2.24) is 44.1 Å². The molecule has 0 spiro atoms. The molecule has 9 nitrogen and oxygen atoms in total. The number of aromatic nitrogens is 9. The van der Waals surface area contributed by atoms with Gasteiger partial charge >= 0.3 is 0 Å². The van der Waals surface area contributed by atoms with Crippen LogP contribution >= 0.6 is 11.6 Å². The second kappa shape index (κ2) is 5.60. The van der Waals surface area contributed by atoms with E-state index in [-0.39, 0.29) is 0 Å². The van der Waals surface area contributed by atoms with Gasteiger partial charge in [0.2, 0.25) is 5.65 Å². The number of aryl methyl sites for hydroxylation is 1. The minimum atomic E-state index is 0.492. The summed E-state index contributed by atoms with van der Waals surface area (Å²) in [5, 5.41) is 13.0. The number of hydrogen-bond donors (Lipinski definition) is 0. The lowest BCUT2D eigenvalue weighted by Crippen LogP contribution is -2.04. The zero-order chi connectivity index (χ0) is 17.7. The maximum absolute atomic E-state index is 6.15. The van der Waals surface area contributed by atoms with Crippen LogP contribution in [0.1, 0.15) is 5.56 Å². The van der Waals surface area contributed by atoms with Crippen LogP contribution in [-0.2, 0) is 13.6 Å². The highest BCUT2D eigenvalue weighted by Gasteiger charge is 2.12. The van der Waals surface area contributed by atoms with E-state index in [1.807, 2.05) is 36.0 Å². The Labute approximate surface area is 151 Å². The lowest BCUT2D eigenvalue weighted by atomic mass is 10.2. The van der Waals surface area contributed by atoms with Gasteiger partial charge in [0.05, 0.1) is 30.8 Å². The third-order valence-electron chi connectivity index (χ3n) is 4.08. The second-order valence-corrected chi connectivity index (χ2v) is 6.29. The van der Waals surface area contributed by atoms with E-state index >= 15 is 0 Å². The minimum absolute atomic E-state index is 0.492. The van der Waals surface area contributed by atoms with E-state index < -0.39 is 0 Å². The van der Waals surface area contributed by atoms with E-state index in [1.54, 1.807) is 28.0 Å². The molecule has 0 aliphatic carbocycles. The van der Waals surface area contributed by atoms with E-state index in [9.17, 15) is 0 Å². The van der Waals surface area contributed by atoms with Gasteiger partial charge in [0.25, 0.3) is 0 Å². The van der Waals surface area contributed by atoms with Crippen LogP contribution in [0.2, 0.25) is 5.15 Å². The summed E-state index contributed by atoms with van der Waals surface area (Å²) in [5.74, 6) is 0. The maximum Gasteiger partial charge on any atom is 0.221 e. The highest BCUT2D eigenvalue weighted by Crippen LogP contribution is 2.18. The number of rotatable bonds is 3. The molecule has 0 radical (unpaired) electrons. The Balaban J connectivity index is 1.56. The zero-order valence-electron chi connectivity index (χ0n) is 13.7. The van der Waals surface area contributed by atoms with E-state index in [0.29, 0.717) is 23.0 Å². The summed E-state index contributed by atoms with van der Waals surface area (Å²) >= 11 is 6.15. The minimum Gasteiger partial charge on any atom is -0.290 e. The highest BCUT2D eigenvalue weighted by molar-refractivity contribution is 6.29. The number of halogens is 1. The van der Waals surface area contributed by atoms with Gasteiger partial charge in [-0.05, 0) is 11.6 Å². The Morgan fingerprint density at radius 3 is 2.85 bits per heavy atom. The number of pyridine rings is 1. The van der Waals surface area contributed by atoms with Gasteiger partial charge in [-0.25, -0.2) is 19.6 Å². The molecule has 0 unspecified atom stereocenters. The number of nitrogens with zero attached hydrogens (tertiary/aromatic N) is 9. The van der Waals surface area contributed by atoms with Crippen molar-refractivity contribution >= 4 is 28.5 Å². The van der Waals surface area contributed by atoms with E-state index in [2.05, 4.69) is 30.4 Å². The molecule has 5 rings (SSSR count). The zero-order valence-corrected chi connectivity index (χ0v) is 14.4. The molecule has 0 fully saturated rings. The monoisotopic (exact) mass is 365 g/mol. The summed E-state index contributed by atoms with van der Waals surface area (Å²) in [6.07, 6.45) is 8.86. The number of fused-ring (bicyclic) bond motifs is 2. The molecule has 128 valence electrons. The molecule has 5 aromatic heterocycles. The molecule has 0 atom stereocenters. The molecule has 0 aliphatic heterocycles. The van der Waals surface area contributed by atoms with Gasteiger partial charge < -0.3 is 0 Å². The fraction of sp³-hybridized carbons (Fsp3) is 0.125. The smallest absolute Gasteiger partial charge is 0.221 e. The third kappa shape index (κ3) is 2.40. The van der Waals surface area contributed by atoms with E-state index in [4.69, 9.17) is 11.6 Å². The normalized spacial score (nSPS) is 11.6. The summed E-state index contributed by atoms with van der Waals surface area (Å²) < 4.78 is 5.26. The SMILES string of the molecule is Cn1cc(-c2cnc3nnn(Cc4ccc5ncc(Cl)n5c4)c3n2)cn1. The molecule has 26 heavy (non-hydrogen) atoms. The predicted octanol–water partition coefficient (Wildman–Crippen LogP) is 1.97. The van der Waals surface area contributed by atoms with Gasteiger partial charge in [0.15, 0.2) is 5.65 Å². The molecule has 0 saturated carbocycles. The van der Waals surface area contributed by atoms with Gasteiger partial charge in [0, 0.05) is 25.0 Å². The van der Waals surface area contributed by atoms with Crippen LogP contribution in [0.3, 0.4) is 0 Å². The molecule has 0 saturated heterocycles. The topological polar surface area (TPSA) is 91.6 Å². The standard InChI is InChI=1S/C16H12ClN9/c1-24-9-11(4-20-24)12-5-19-15-16(21-12)26(23-22-15)8-10-2-3-14-18-6-13(17)25(14)7-10/h2-7,9H,8H2,1H3. The number of imidazole rings is 1. The molecule has 0 amide bonds. The second-order valence-electron chi connectivity index (χ2n) is 5.90. The van der Waals surface area contributed by atoms with Gasteiger partial charge in [-0.2, -0.15) is 5.10 Å². The summed E-state index contributed by atoms with van der Waals surface area (Å²) in [6, 6.07) is 3.89. The van der Waals surface area contributed by atoms with Crippen molar-refractivity contribution < 1.29 is 0 Å². The van der Waals surface area contributed by atoms with Crippen molar-refractivity contribution in [3.8, 4) is 11.3 Å².